The van der Waals surface area contributed by atoms with Gasteiger partial charge in [-0.25, -0.2) is 9.48 Å². The number of nitrogens with zero attached hydrogens (tertiary/aromatic N) is 3. The van der Waals surface area contributed by atoms with Gasteiger partial charge in [0, 0.05) is 0 Å². The van der Waals surface area contributed by atoms with Crippen LogP contribution < -0.4 is 0 Å². The first kappa shape index (κ1) is 14.0. The van der Waals surface area contributed by atoms with Gasteiger partial charge in [-0.2, -0.15) is 0 Å². The Morgan fingerprint density at radius 3 is 2.79 bits per heavy atom. The van der Waals surface area contributed by atoms with Gasteiger partial charge in [-0.3, -0.25) is 0 Å². The minimum absolute atomic E-state index is 0.119. The number of carboxylic acids is 1. The van der Waals surface area contributed by atoms with E-state index in [1.807, 2.05) is 18.5 Å². The van der Waals surface area contributed by atoms with Crippen molar-refractivity contribution in [3.8, 4) is 0 Å². The number of carbonyl (C=O) groups is 1. The zero-order chi connectivity index (χ0) is 14.0. The first-order valence-electron chi connectivity index (χ1n) is 7.22. The van der Waals surface area contributed by atoms with Crippen molar-refractivity contribution in [2.24, 2.45) is 5.92 Å². The molecule has 0 aliphatic heterocycles. The van der Waals surface area contributed by atoms with Crippen LogP contribution in [0.4, 0.5) is 0 Å². The lowest BCUT2D eigenvalue weighted by atomic mass is 9.84. The molecule has 1 saturated carbocycles. The van der Waals surface area contributed by atoms with Crippen molar-refractivity contribution >= 4 is 5.97 Å². The predicted molar refractivity (Wildman–Crippen MR) is 72.4 cm³/mol. The van der Waals surface area contributed by atoms with Crippen LogP contribution in [0.25, 0.3) is 0 Å². The Balaban J connectivity index is 2.31. The monoisotopic (exact) mass is 265 g/mol. The third-order valence-corrected chi connectivity index (χ3v) is 4.16. The van der Waals surface area contributed by atoms with Gasteiger partial charge in [-0.15, -0.1) is 5.10 Å². The summed E-state index contributed by atoms with van der Waals surface area (Å²) in [6.07, 6.45) is 5.85. The Hall–Kier alpha value is -1.39. The summed E-state index contributed by atoms with van der Waals surface area (Å²) in [6, 6.07) is 0.316. The quantitative estimate of drug-likeness (QED) is 0.907. The molecular weight excluding hydrogens is 242 g/mol. The van der Waals surface area contributed by atoms with Crippen LogP contribution in [0.2, 0.25) is 0 Å². The summed E-state index contributed by atoms with van der Waals surface area (Å²) >= 11 is 0. The lowest BCUT2D eigenvalue weighted by Crippen LogP contribution is -2.22. The van der Waals surface area contributed by atoms with E-state index in [1.54, 1.807) is 0 Å². The van der Waals surface area contributed by atoms with Crippen LogP contribution in [0.3, 0.4) is 0 Å². The molecule has 2 rings (SSSR count). The Bertz CT molecular complexity index is 454. The maximum atomic E-state index is 11.2. The molecule has 2 atom stereocenters. The minimum Gasteiger partial charge on any atom is -0.476 e. The Labute approximate surface area is 114 Å². The fourth-order valence-corrected chi connectivity index (χ4v) is 3.12. The topological polar surface area (TPSA) is 68.0 Å². The summed E-state index contributed by atoms with van der Waals surface area (Å²) in [6.45, 7) is 6.23. The molecule has 1 heterocycles. The third-order valence-electron chi connectivity index (χ3n) is 4.16. The molecule has 1 fully saturated rings. The molecular formula is C14H23N3O2. The highest BCUT2D eigenvalue weighted by molar-refractivity contribution is 5.86. The molecule has 0 aromatic carbocycles. The highest BCUT2D eigenvalue weighted by Crippen LogP contribution is 2.35. The molecule has 0 bridgehead atoms. The van der Waals surface area contributed by atoms with Crippen molar-refractivity contribution < 1.29 is 9.90 Å². The highest BCUT2D eigenvalue weighted by atomic mass is 16.4. The molecule has 0 radical (unpaired) electrons. The van der Waals surface area contributed by atoms with Crippen molar-refractivity contribution in [3.63, 3.8) is 0 Å². The van der Waals surface area contributed by atoms with E-state index >= 15 is 0 Å². The van der Waals surface area contributed by atoms with Crippen molar-refractivity contribution in [3.05, 3.63) is 11.4 Å². The van der Waals surface area contributed by atoms with Crippen molar-refractivity contribution in [1.29, 1.82) is 0 Å². The number of aromatic carboxylic acids is 1. The zero-order valence-corrected chi connectivity index (χ0v) is 12.0. The highest BCUT2D eigenvalue weighted by Gasteiger charge is 2.29. The van der Waals surface area contributed by atoms with E-state index in [0.29, 0.717) is 6.04 Å². The number of aromatic nitrogens is 3. The fraction of sp³-hybridized carbons (Fsp3) is 0.786. The van der Waals surface area contributed by atoms with E-state index in [2.05, 4.69) is 17.2 Å². The molecule has 5 nitrogen and oxygen atoms in total. The van der Waals surface area contributed by atoms with E-state index in [4.69, 9.17) is 0 Å². The van der Waals surface area contributed by atoms with Crippen molar-refractivity contribution in [2.75, 3.05) is 0 Å². The van der Waals surface area contributed by atoms with Crippen LogP contribution in [0.1, 0.15) is 81.0 Å². The van der Waals surface area contributed by atoms with E-state index in [9.17, 15) is 9.90 Å². The molecule has 0 saturated heterocycles. The molecule has 1 aliphatic rings. The van der Waals surface area contributed by atoms with Gasteiger partial charge < -0.3 is 5.11 Å². The lowest BCUT2D eigenvalue weighted by molar-refractivity contribution is 0.0688. The Morgan fingerprint density at radius 2 is 2.21 bits per heavy atom. The summed E-state index contributed by atoms with van der Waals surface area (Å²) in [5.41, 5.74) is 0.892. The summed E-state index contributed by atoms with van der Waals surface area (Å²) in [4.78, 5) is 11.2. The average molecular weight is 265 g/mol. The maximum absolute atomic E-state index is 11.2. The van der Waals surface area contributed by atoms with Crippen molar-refractivity contribution in [2.45, 2.75) is 64.8 Å². The maximum Gasteiger partial charge on any atom is 0.358 e. The van der Waals surface area contributed by atoms with Gasteiger partial charge in [0.15, 0.2) is 5.69 Å². The molecule has 0 amide bonds. The summed E-state index contributed by atoms with van der Waals surface area (Å²) in [5, 5.41) is 17.2. The number of hydrogen-bond donors (Lipinski definition) is 1. The molecule has 106 valence electrons. The van der Waals surface area contributed by atoms with Gasteiger partial charge in [-0.1, -0.05) is 45.2 Å². The van der Waals surface area contributed by atoms with Crippen LogP contribution in [-0.2, 0) is 0 Å². The molecule has 1 aromatic heterocycles. The van der Waals surface area contributed by atoms with Crippen LogP contribution in [-0.4, -0.2) is 26.1 Å². The van der Waals surface area contributed by atoms with Crippen LogP contribution >= 0.6 is 0 Å². The molecule has 1 N–H and O–H groups in total. The van der Waals surface area contributed by atoms with Gasteiger partial charge in [0.1, 0.15) is 0 Å². The molecule has 1 aliphatic carbocycles. The van der Waals surface area contributed by atoms with Gasteiger partial charge in [-0.05, 0) is 24.7 Å². The second-order valence-corrected chi connectivity index (χ2v) is 5.82. The smallest absolute Gasteiger partial charge is 0.358 e. The van der Waals surface area contributed by atoms with Gasteiger partial charge in [0.25, 0.3) is 0 Å². The molecule has 5 heteroatoms. The molecule has 0 spiro atoms. The Morgan fingerprint density at radius 1 is 1.47 bits per heavy atom. The summed E-state index contributed by atoms with van der Waals surface area (Å²) in [7, 11) is 0. The van der Waals surface area contributed by atoms with Gasteiger partial charge in [0.05, 0.1) is 11.7 Å². The standard InChI is InChI=1S/C14H23N3O2/c1-4-10-6-5-7-11(8-10)17-13(9(2)3)12(14(18)19)15-16-17/h9-11H,4-8H2,1-3H3,(H,18,19). The third kappa shape index (κ3) is 2.80. The second kappa shape index (κ2) is 5.72. The first-order chi connectivity index (χ1) is 9.04. The summed E-state index contributed by atoms with van der Waals surface area (Å²) in [5.74, 6) is -0.114. The molecule has 19 heavy (non-hydrogen) atoms. The Kier molecular flexibility index (Phi) is 4.22. The van der Waals surface area contributed by atoms with Crippen LogP contribution in [0.15, 0.2) is 0 Å². The number of rotatable bonds is 4. The van der Waals surface area contributed by atoms with E-state index < -0.39 is 5.97 Å². The fourth-order valence-electron chi connectivity index (χ4n) is 3.12. The zero-order valence-electron chi connectivity index (χ0n) is 12.0. The number of carboxylic acid groups (broad SMARTS) is 1. The minimum atomic E-state index is -0.974. The van der Waals surface area contributed by atoms with Crippen LogP contribution in [0.5, 0.6) is 0 Å². The number of hydrogen-bond acceptors (Lipinski definition) is 3. The van der Waals surface area contributed by atoms with E-state index in [0.717, 1.165) is 24.5 Å². The first-order valence-corrected chi connectivity index (χ1v) is 7.22. The molecule has 2 unspecified atom stereocenters. The normalized spacial score (nSPS) is 23.8. The largest absolute Gasteiger partial charge is 0.476 e. The van der Waals surface area contributed by atoms with Crippen molar-refractivity contribution in [1.82, 2.24) is 15.0 Å². The predicted octanol–water partition coefficient (Wildman–Crippen LogP) is 3.24. The van der Waals surface area contributed by atoms with Crippen LogP contribution in [0, 0.1) is 5.92 Å². The summed E-state index contributed by atoms with van der Waals surface area (Å²) < 4.78 is 1.88. The van der Waals surface area contributed by atoms with E-state index in [-0.39, 0.29) is 11.6 Å². The average Bonchev–Trinajstić information content (AvgIpc) is 2.83. The van der Waals surface area contributed by atoms with E-state index in [1.165, 1.54) is 19.3 Å². The molecule has 1 aromatic rings. The lowest BCUT2D eigenvalue weighted by Gasteiger charge is -2.29. The SMILES string of the molecule is CCC1CCCC(n2nnc(C(=O)O)c2C(C)C)C1. The van der Waals surface area contributed by atoms with Gasteiger partial charge >= 0.3 is 5.97 Å². The van der Waals surface area contributed by atoms with Gasteiger partial charge in [0.2, 0.25) is 0 Å². The second-order valence-electron chi connectivity index (χ2n) is 5.82.